The lowest BCUT2D eigenvalue weighted by molar-refractivity contribution is -0.119. The van der Waals surface area contributed by atoms with E-state index in [1.807, 2.05) is 0 Å². The predicted octanol–water partition coefficient (Wildman–Crippen LogP) is 1.97. The highest BCUT2D eigenvalue weighted by molar-refractivity contribution is 8.00. The Kier molecular flexibility index (Phi) is 5.82. The van der Waals surface area contributed by atoms with Crippen LogP contribution >= 0.6 is 11.8 Å². The maximum absolute atomic E-state index is 12.1. The fourth-order valence-corrected chi connectivity index (χ4v) is 3.83. The van der Waals surface area contributed by atoms with Crippen LogP contribution in [-0.4, -0.2) is 55.9 Å². The van der Waals surface area contributed by atoms with Crippen LogP contribution in [0, 0.1) is 6.92 Å². The summed E-state index contributed by atoms with van der Waals surface area (Å²) in [7, 11) is 0. The van der Waals surface area contributed by atoms with Crippen LogP contribution in [0.15, 0.2) is 35.6 Å². The van der Waals surface area contributed by atoms with Gasteiger partial charge in [-0.15, -0.1) is 5.10 Å². The van der Waals surface area contributed by atoms with Crippen LogP contribution in [0.1, 0.15) is 24.0 Å². The molecule has 1 N–H and O–H groups in total. The molecule has 2 aromatic heterocycles. The average molecular weight is 398 g/mol. The van der Waals surface area contributed by atoms with Crippen molar-refractivity contribution in [3.63, 3.8) is 0 Å². The SMILES string of the molecule is Cc1ccc(Cn2nnc3c(SCC(=O)NC[C@H]4CCCO4)ncnc32)cc1. The van der Waals surface area contributed by atoms with Crippen molar-refractivity contribution in [3.05, 3.63) is 41.7 Å². The Bertz CT molecular complexity index is 953. The summed E-state index contributed by atoms with van der Waals surface area (Å²) in [6.07, 6.45) is 3.70. The highest BCUT2D eigenvalue weighted by atomic mass is 32.2. The van der Waals surface area contributed by atoms with Crippen LogP contribution in [-0.2, 0) is 16.1 Å². The second kappa shape index (κ2) is 8.66. The summed E-state index contributed by atoms with van der Waals surface area (Å²) in [4.78, 5) is 20.7. The zero-order valence-corrected chi connectivity index (χ0v) is 16.5. The van der Waals surface area contributed by atoms with E-state index >= 15 is 0 Å². The van der Waals surface area contributed by atoms with Gasteiger partial charge in [0.1, 0.15) is 11.4 Å². The maximum atomic E-state index is 12.1. The highest BCUT2D eigenvalue weighted by Crippen LogP contribution is 2.22. The topological polar surface area (TPSA) is 94.8 Å². The summed E-state index contributed by atoms with van der Waals surface area (Å²) in [5.41, 5.74) is 3.62. The Morgan fingerprint density at radius 1 is 1.32 bits per heavy atom. The van der Waals surface area contributed by atoms with E-state index in [2.05, 4.69) is 56.8 Å². The minimum Gasteiger partial charge on any atom is -0.376 e. The lowest BCUT2D eigenvalue weighted by Gasteiger charge is -2.10. The number of benzene rings is 1. The van der Waals surface area contributed by atoms with E-state index in [9.17, 15) is 4.79 Å². The first-order valence-electron chi connectivity index (χ1n) is 9.30. The van der Waals surface area contributed by atoms with Gasteiger partial charge in [0.05, 0.1) is 18.4 Å². The van der Waals surface area contributed by atoms with Crippen molar-refractivity contribution in [2.24, 2.45) is 0 Å². The fourth-order valence-electron chi connectivity index (χ4n) is 3.07. The van der Waals surface area contributed by atoms with Crippen molar-refractivity contribution in [3.8, 4) is 0 Å². The van der Waals surface area contributed by atoms with E-state index in [4.69, 9.17) is 4.74 Å². The molecule has 0 bridgehead atoms. The molecule has 3 aromatic rings. The van der Waals surface area contributed by atoms with Crippen LogP contribution in [0.4, 0.5) is 0 Å². The number of hydrogen-bond acceptors (Lipinski definition) is 7. The summed E-state index contributed by atoms with van der Waals surface area (Å²) >= 11 is 1.34. The van der Waals surface area contributed by atoms with Gasteiger partial charge in [0.25, 0.3) is 0 Å². The van der Waals surface area contributed by atoms with E-state index in [-0.39, 0.29) is 17.8 Å². The van der Waals surface area contributed by atoms with Gasteiger partial charge in [-0.25, -0.2) is 14.6 Å². The molecular formula is C19H22N6O2S. The van der Waals surface area contributed by atoms with Crippen LogP contribution in [0.3, 0.4) is 0 Å². The molecule has 1 atom stereocenters. The third-order valence-electron chi connectivity index (χ3n) is 4.61. The summed E-state index contributed by atoms with van der Waals surface area (Å²) < 4.78 is 7.27. The van der Waals surface area contributed by atoms with E-state index in [0.717, 1.165) is 25.0 Å². The average Bonchev–Trinajstić information content (AvgIpc) is 3.37. The molecule has 1 aliphatic heterocycles. The van der Waals surface area contributed by atoms with E-state index < -0.39 is 0 Å². The molecule has 28 heavy (non-hydrogen) atoms. The number of fused-ring (bicyclic) bond motifs is 1. The van der Waals surface area contributed by atoms with Gasteiger partial charge in [0, 0.05) is 13.2 Å². The first kappa shape index (κ1) is 18.8. The van der Waals surface area contributed by atoms with Crippen LogP contribution < -0.4 is 5.32 Å². The van der Waals surface area contributed by atoms with Crippen molar-refractivity contribution in [1.29, 1.82) is 0 Å². The normalized spacial score (nSPS) is 16.5. The van der Waals surface area contributed by atoms with E-state index in [1.165, 1.54) is 23.7 Å². The Labute approximate surface area is 167 Å². The molecule has 1 aromatic carbocycles. The molecule has 4 rings (SSSR count). The van der Waals surface area contributed by atoms with E-state index in [0.29, 0.717) is 29.3 Å². The second-order valence-electron chi connectivity index (χ2n) is 6.81. The Hall–Kier alpha value is -2.52. The molecule has 1 saturated heterocycles. The van der Waals surface area contributed by atoms with Crippen molar-refractivity contribution in [2.45, 2.75) is 37.4 Å². The Balaban J connectivity index is 1.39. The second-order valence-corrected chi connectivity index (χ2v) is 7.78. The number of aromatic nitrogens is 5. The molecule has 146 valence electrons. The molecule has 9 heteroatoms. The number of carbonyl (C=O) groups excluding carboxylic acids is 1. The summed E-state index contributed by atoms with van der Waals surface area (Å²) in [5.74, 6) is 0.225. The standard InChI is InChI=1S/C19H22N6O2S/c1-13-4-6-14(7-5-13)10-25-18-17(23-24-25)19(22-12-21-18)28-11-16(26)20-9-15-3-2-8-27-15/h4-7,12,15H,2-3,8-11H2,1H3,(H,20,26)/t15-/m1/s1. The van der Waals surface area contributed by atoms with Crippen LogP contribution in [0.25, 0.3) is 11.2 Å². The van der Waals surface area contributed by atoms with Gasteiger partial charge in [-0.05, 0) is 25.3 Å². The van der Waals surface area contributed by atoms with Gasteiger partial charge in [0.2, 0.25) is 5.91 Å². The van der Waals surface area contributed by atoms with Gasteiger partial charge in [-0.2, -0.15) is 0 Å². The number of nitrogens with one attached hydrogen (secondary N) is 1. The number of nitrogens with zero attached hydrogens (tertiary/aromatic N) is 5. The first-order valence-corrected chi connectivity index (χ1v) is 10.3. The summed E-state index contributed by atoms with van der Waals surface area (Å²) in [5, 5.41) is 12.0. The summed E-state index contributed by atoms with van der Waals surface area (Å²) in [6, 6.07) is 8.27. The zero-order valence-electron chi connectivity index (χ0n) is 15.7. The molecule has 0 aliphatic carbocycles. The molecule has 1 aliphatic rings. The number of rotatable bonds is 7. The number of ether oxygens (including phenoxy) is 1. The largest absolute Gasteiger partial charge is 0.376 e. The zero-order chi connectivity index (χ0) is 19.3. The molecule has 0 saturated carbocycles. The number of carbonyl (C=O) groups is 1. The van der Waals surface area contributed by atoms with Crippen molar-refractivity contribution in [2.75, 3.05) is 18.9 Å². The van der Waals surface area contributed by atoms with Gasteiger partial charge >= 0.3 is 0 Å². The molecule has 3 heterocycles. The monoisotopic (exact) mass is 398 g/mol. The number of aryl methyl sites for hydroxylation is 1. The van der Waals surface area contributed by atoms with Gasteiger partial charge in [0.15, 0.2) is 11.2 Å². The third-order valence-corrected chi connectivity index (χ3v) is 5.59. The molecule has 1 amide bonds. The molecule has 8 nitrogen and oxygen atoms in total. The quantitative estimate of drug-likeness (QED) is 0.480. The predicted molar refractivity (Wildman–Crippen MR) is 106 cm³/mol. The smallest absolute Gasteiger partial charge is 0.230 e. The third kappa shape index (κ3) is 4.48. The minimum atomic E-state index is -0.0423. The lowest BCUT2D eigenvalue weighted by Crippen LogP contribution is -2.32. The van der Waals surface area contributed by atoms with Gasteiger partial charge < -0.3 is 10.1 Å². The maximum Gasteiger partial charge on any atom is 0.230 e. The first-order chi connectivity index (χ1) is 13.7. The molecular weight excluding hydrogens is 376 g/mol. The minimum absolute atomic E-state index is 0.0423. The molecule has 0 spiro atoms. The number of amides is 1. The Morgan fingerprint density at radius 3 is 2.96 bits per heavy atom. The van der Waals surface area contributed by atoms with Gasteiger partial charge in [-0.1, -0.05) is 46.8 Å². The lowest BCUT2D eigenvalue weighted by atomic mass is 10.1. The highest BCUT2D eigenvalue weighted by Gasteiger charge is 2.17. The van der Waals surface area contributed by atoms with Gasteiger partial charge in [-0.3, -0.25) is 4.79 Å². The fraction of sp³-hybridized carbons (Fsp3) is 0.421. The summed E-state index contributed by atoms with van der Waals surface area (Å²) in [6.45, 7) is 3.99. The number of hydrogen-bond donors (Lipinski definition) is 1. The molecule has 1 fully saturated rings. The van der Waals surface area contributed by atoms with E-state index in [1.54, 1.807) is 4.68 Å². The Morgan fingerprint density at radius 2 is 2.18 bits per heavy atom. The van der Waals surface area contributed by atoms with Crippen molar-refractivity contribution >= 4 is 28.8 Å². The van der Waals surface area contributed by atoms with Crippen molar-refractivity contribution in [1.82, 2.24) is 30.3 Å². The van der Waals surface area contributed by atoms with Crippen LogP contribution in [0.2, 0.25) is 0 Å². The molecule has 0 radical (unpaired) electrons. The van der Waals surface area contributed by atoms with Crippen molar-refractivity contribution < 1.29 is 9.53 Å². The van der Waals surface area contributed by atoms with Crippen LogP contribution in [0.5, 0.6) is 0 Å². The number of thioether (sulfide) groups is 1. The molecule has 0 unspecified atom stereocenters.